The Labute approximate surface area is 164 Å². The number of aromatic nitrogens is 2. The molecule has 5 nitrogen and oxygen atoms in total. The van der Waals surface area contributed by atoms with Gasteiger partial charge >= 0.3 is 6.18 Å². The number of halogens is 3. The van der Waals surface area contributed by atoms with E-state index in [0.717, 1.165) is 28.9 Å². The molecule has 1 aliphatic rings. The summed E-state index contributed by atoms with van der Waals surface area (Å²) in [6.45, 7) is 0. The molecule has 1 aromatic heterocycles. The average Bonchev–Trinajstić information content (AvgIpc) is 2.68. The first-order valence-corrected chi connectivity index (χ1v) is 8.77. The number of nitrogens with one attached hydrogen (secondary N) is 1. The summed E-state index contributed by atoms with van der Waals surface area (Å²) in [7, 11) is 0. The van der Waals surface area contributed by atoms with Crippen LogP contribution < -0.4 is 11.1 Å². The Morgan fingerprint density at radius 2 is 1.93 bits per heavy atom. The van der Waals surface area contributed by atoms with Gasteiger partial charge in [-0.3, -0.25) is 0 Å². The third-order valence-electron chi connectivity index (χ3n) is 4.68. The number of anilines is 3. The van der Waals surface area contributed by atoms with Crippen LogP contribution in [-0.4, -0.2) is 15.1 Å². The number of nitrogens with zero attached hydrogens (tertiary/aromatic N) is 2. The molecule has 0 amide bonds. The quantitative estimate of drug-likeness (QED) is 0.551. The molecule has 1 aliphatic carbocycles. The lowest BCUT2D eigenvalue weighted by Crippen LogP contribution is -2.08. The minimum atomic E-state index is -4.46. The molecule has 147 valence electrons. The Balaban J connectivity index is 1.65. The lowest BCUT2D eigenvalue weighted by atomic mass is 9.94. The van der Waals surface area contributed by atoms with Gasteiger partial charge in [0.1, 0.15) is 17.9 Å². The zero-order valence-electron chi connectivity index (χ0n) is 15.1. The molecule has 0 saturated heterocycles. The van der Waals surface area contributed by atoms with Gasteiger partial charge in [0, 0.05) is 41.9 Å². The Kier molecular flexibility index (Phi) is 4.62. The first kappa shape index (κ1) is 18.8. The second-order valence-electron chi connectivity index (χ2n) is 6.63. The molecule has 0 atom stereocenters. The van der Waals surface area contributed by atoms with Crippen LogP contribution in [0.15, 0.2) is 54.6 Å². The van der Waals surface area contributed by atoms with Gasteiger partial charge in [-0.05, 0) is 29.3 Å². The number of alkyl halides is 3. The van der Waals surface area contributed by atoms with E-state index < -0.39 is 11.7 Å². The molecule has 8 heteroatoms. The molecule has 0 spiro atoms. The topological polar surface area (TPSA) is 84.1 Å². The van der Waals surface area contributed by atoms with Crippen LogP contribution >= 0.6 is 0 Å². The zero-order valence-corrected chi connectivity index (χ0v) is 15.1. The van der Waals surface area contributed by atoms with E-state index in [4.69, 9.17) is 5.73 Å². The SMILES string of the molecule is Nc1cc(C(F)(F)F)ccc1-c1cc(Nc2cccc3c2CC(O)=[C]C3)ncn1. The van der Waals surface area contributed by atoms with Crippen LogP contribution in [0.5, 0.6) is 0 Å². The van der Waals surface area contributed by atoms with Crippen LogP contribution in [0.4, 0.5) is 30.4 Å². The van der Waals surface area contributed by atoms with Crippen LogP contribution in [0.25, 0.3) is 11.3 Å². The molecule has 0 saturated carbocycles. The van der Waals surface area contributed by atoms with Crippen molar-refractivity contribution in [2.75, 3.05) is 11.1 Å². The number of hydrogen-bond acceptors (Lipinski definition) is 5. The van der Waals surface area contributed by atoms with E-state index in [2.05, 4.69) is 21.4 Å². The van der Waals surface area contributed by atoms with Crippen LogP contribution in [0, 0.1) is 6.08 Å². The number of benzene rings is 2. The molecule has 29 heavy (non-hydrogen) atoms. The molecule has 0 fully saturated rings. The van der Waals surface area contributed by atoms with Gasteiger partial charge < -0.3 is 16.2 Å². The number of rotatable bonds is 3. The highest BCUT2D eigenvalue weighted by Gasteiger charge is 2.31. The van der Waals surface area contributed by atoms with E-state index in [-0.39, 0.29) is 11.4 Å². The smallest absolute Gasteiger partial charge is 0.416 e. The largest absolute Gasteiger partial charge is 0.512 e. The Hall–Kier alpha value is -3.55. The highest BCUT2D eigenvalue weighted by Crippen LogP contribution is 2.35. The maximum absolute atomic E-state index is 12.9. The van der Waals surface area contributed by atoms with E-state index in [1.807, 2.05) is 18.2 Å². The van der Waals surface area contributed by atoms with E-state index in [9.17, 15) is 18.3 Å². The number of aliphatic hydroxyl groups excluding tert-OH is 1. The maximum Gasteiger partial charge on any atom is 0.416 e. The molecule has 0 aliphatic heterocycles. The van der Waals surface area contributed by atoms with Crippen molar-refractivity contribution in [1.82, 2.24) is 9.97 Å². The summed E-state index contributed by atoms with van der Waals surface area (Å²) in [5, 5.41) is 13.0. The van der Waals surface area contributed by atoms with E-state index in [0.29, 0.717) is 29.9 Å². The van der Waals surface area contributed by atoms with Crippen molar-refractivity contribution in [2.45, 2.75) is 19.0 Å². The standard InChI is InChI=1S/C21H16F3N4O/c22-21(23,24)13-5-7-15(17(25)8-13)19-10-20(27-11-26-19)28-18-3-1-2-12-4-6-14(29)9-16(12)18/h1-3,5,7-8,10-11,29H,4,9,25H2,(H,26,27,28). The van der Waals surface area contributed by atoms with E-state index in [1.54, 1.807) is 6.07 Å². The van der Waals surface area contributed by atoms with Gasteiger partial charge in [0.25, 0.3) is 0 Å². The van der Waals surface area contributed by atoms with Gasteiger partial charge in [0.2, 0.25) is 0 Å². The molecule has 1 radical (unpaired) electrons. The summed E-state index contributed by atoms with van der Waals surface area (Å²) >= 11 is 0. The predicted molar refractivity (Wildman–Crippen MR) is 103 cm³/mol. The molecule has 4 N–H and O–H groups in total. The summed E-state index contributed by atoms with van der Waals surface area (Å²) in [5.74, 6) is 0.647. The first-order chi connectivity index (χ1) is 13.8. The zero-order chi connectivity index (χ0) is 20.6. The molecular weight excluding hydrogens is 381 g/mol. The normalized spacial score (nSPS) is 13.6. The lowest BCUT2D eigenvalue weighted by molar-refractivity contribution is -0.137. The fraction of sp³-hybridized carbons (Fsp3) is 0.143. The van der Waals surface area contributed by atoms with E-state index >= 15 is 0 Å². The number of aliphatic hydroxyl groups is 1. The molecule has 0 bridgehead atoms. The summed E-state index contributed by atoms with van der Waals surface area (Å²) in [4.78, 5) is 8.32. The van der Waals surface area contributed by atoms with Gasteiger partial charge in [0.15, 0.2) is 0 Å². The van der Waals surface area contributed by atoms with Crippen molar-refractivity contribution in [2.24, 2.45) is 0 Å². The van der Waals surface area contributed by atoms with Crippen LogP contribution in [0.3, 0.4) is 0 Å². The number of allylic oxidation sites excluding steroid dienone is 2. The fourth-order valence-corrected chi connectivity index (χ4v) is 3.24. The van der Waals surface area contributed by atoms with Crippen molar-refractivity contribution in [3.05, 3.63) is 77.3 Å². The van der Waals surface area contributed by atoms with Crippen LogP contribution in [-0.2, 0) is 19.0 Å². The Morgan fingerprint density at radius 3 is 2.69 bits per heavy atom. The van der Waals surface area contributed by atoms with Crippen molar-refractivity contribution >= 4 is 17.2 Å². The minimum absolute atomic E-state index is 0.0211. The summed E-state index contributed by atoms with van der Waals surface area (Å²) in [5.41, 5.74) is 8.56. The Bertz CT molecular complexity index is 1110. The second kappa shape index (κ2) is 7.12. The Morgan fingerprint density at radius 1 is 1.10 bits per heavy atom. The number of nitrogen functional groups attached to an aromatic ring is 1. The highest BCUT2D eigenvalue weighted by molar-refractivity contribution is 5.76. The van der Waals surface area contributed by atoms with Crippen molar-refractivity contribution in [3.8, 4) is 11.3 Å². The lowest BCUT2D eigenvalue weighted by Gasteiger charge is -2.18. The molecule has 4 rings (SSSR count). The maximum atomic E-state index is 12.9. The van der Waals surface area contributed by atoms with Gasteiger partial charge in [-0.25, -0.2) is 9.97 Å². The molecule has 3 aromatic rings. The summed E-state index contributed by atoms with van der Waals surface area (Å²) in [6, 6.07) is 10.5. The molecule has 2 aromatic carbocycles. The van der Waals surface area contributed by atoms with Crippen molar-refractivity contribution in [3.63, 3.8) is 0 Å². The average molecular weight is 397 g/mol. The van der Waals surface area contributed by atoms with E-state index in [1.165, 1.54) is 12.4 Å². The number of fused-ring (bicyclic) bond motifs is 1. The molecule has 1 heterocycles. The molecule has 0 unspecified atom stereocenters. The monoisotopic (exact) mass is 397 g/mol. The fourth-order valence-electron chi connectivity index (χ4n) is 3.24. The van der Waals surface area contributed by atoms with Gasteiger partial charge in [0.05, 0.1) is 11.3 Å². The summed E-state index contributed by atoms with van der Waals surface area (Å²) in [6.07, 6.45) is 0.642. The minimum Gasteiger partial charge on any atom is -0.512 e. The number of nitrogens with two attached hydrogens (primary N) is 1. The van der Waals surface area contributed by atoms with Crippen molar-refractivity contribution in [1.29, 1.82) is 0 Å². The van der Waals surface area contributed by atoms with Gasteiger partial charge in [-0.2, -0.15) is 13.2 Å². The molecular formula is C21H16F3N4O. The number of hydrogen-bond donors (Lipinski definition) is 3. The van der Waals surface area contributed by atoms with Gasteiger partial charge in [-0.1, -0.05) is 18.2 Å². The van der Waals surface area contributed by atoms with Crippen molar-refractivity contribution < 1.29 is 18.3 Å². The summed E-state index contributed by atoms with van der Waals surface area (Å²) < 4.78 is 38.6. The van der Waals surface area contributed by atoms with Crippen LogP contribution in [0.1, 0.15) is 16.7 Å². The third-order valence-corrected chi connectivity index (χ3v) is 4.68. The predicted octanol–water partition coefficient (Wildman–Crippen LogP) is 4.83. The second-order valence-corrected chi connectivity index (χ2v) is 6.63. The first-order valence-electron chi connectivity index (χ1n) is 8.77. The van der Waals surface area contributed by atoms with Crippen LogP contribution in [0.2, 0.25) is 0 Å². The highest BCUT2D eigenvalue weighted by atomic mass is 19.4. The third kappa shape index (κ3) is 3.87. The van der Waals surface area contributed by atoms with Gasteiger partial charge in [-0.15, -0.1) is 0 Å².